The van der Waals surface area contributed by atoms with Gasteiger partial charge in [-0.05, 0) is 90.6 Å². The topological polar surface area (TPSA) is 291 Å². The van der Waals surface area contributed by atoms with Crippen LogP contribution in [0.4, 0.5) is 0 Å². The van der Waals surface area contributed by atoms with Gasteiger partial charge in [-0.3, -0.25) is 14.4 Å². The van der Waals surface area contributed by atoms with E-state index in [-0.39, 0.29) is 58.9 Å². The van der Waals surface area contributed by atoms with Gasteiger partial charge >= 0.3 is 0 Å². The van der Waals surface area contributed by atoms with E-state index in [2.05, 4.69) is 31.6 Å². The van der Waals surface area contributed by atoms with Crippen LogP contribution in [0, 0.1) is 17.8 Å². The molecule has 0 bridgehead atoms. The standard InChI is InChI=1S/C60H90N6O21/c1-70-13-19-76-25-31-82-52-10-7-46(37-55(52)85-34-28-79-22-16-73-4)43-61-64-58(67)49-40-50(59(68)65-62-44-47-8-11-53(83-32-26-77-20-14-71-2)56(38-47)86-35-29-80-23-17-74-5)42-51(41-49)60(69)66-63-45-48-9-12-54(84-33-27-78-21-15-72-3)57(39-48)87-36-30-81-24-18-75-6/h7-12,37-39,43-45,49-51H,13-36,40-42H2,1-6H3,(H,64,67)(H,65,68)(H,66,69)/b61-43+,62-44+,63-45+. The number of carbonyl (C=O) groups is 3. The van der Waals surface area contributed by atoms with Crippen LogP contribution >= 0.6 is 0 Å². The second kappa shape index (κ2) is 47.5. The van der Waals surface area contributed by atoms with Crippen molar-refractivity contribution in [3.05, 3.63) is 71.3 Å². The van der Waals surface area contributed by atoms with Crippen molar-refractivity contribution in [3.63, 3.8) is 0 Å². The molecule has 0 aromatic heterocycles. The summed E-state index contributed by atoms with van der Waals surface area (Å²) in [5.41, 5.74) is 9.59. The van der Waals surface area contributed by atoms with Gasteiger partial charge in [0.2, 0.25) is 17.7 Å². The average Bonchev–Trinajstić information content (AvgIpc) is 2.89. The summed E-state index contributed by atoms with van der Waals surface area (Å²) in [5.74, 6) is -1.36. The molecule has 0 heterocycles. The first-order chi connectivity index (χ1) is 42.7. The maximum Gasteiger partial charge on any atom is 0.243 e. The second-order valence-corrected chi connectivity index (χ2v) is 18.8. The SMILES string of the molecule is COCCOCCOc1ccc(/C=N/NC(=O)C2CC(C(=O)N/N=C/c3ccc(OCCOCCOC)c(OCCOCCOC)c3)CC(C(=O)N/N=C/c3ccc(OCCOCCOC)c(OCCOCCOC)c3)C2)cc1OCCOCCOC. The van der Waals surface area contributed by atoms with Crippen molar-refractivity contribution in [2.45, 2.75) is 19.3 Å². The zero-order valence-electron chi connectivity index (χ0n) is 51.2. The Kier molecular flexibility index (Phi) is 39.8. The van der Waals surface area contributed by atoms with E-state index in [4.69, 9.17) is 85.3 Å². The molecule has 4 rings (SSSR count). The predicted octanol–water partition coefficient (Wildman–Crippen LogP) is 3.72. The maximum absolute atomic E-state index is 14.0. The normalized spacial score (nSPS) is 15.0. The first-order valence-electron chi connectivity index (χ1n) is 28.8. The van der Waals surface area contributed by atoms with E-state index in [1.165, 1.54) is 18.6 Å². The van der Waals surface area contributed by atoms with Crippen molar-refractivity contribution in [1.29, 1.82) is 0 Å². The summed E-state index contributed by atoms with van der Waals surface area (Å²) in [5, 5.41) is 12.8. The number of hydrogen-bond acceptors (Lipinski definition) is 24. The molecule has 1 fully saturated rings. The van der Waals surface area contributed by atoms with E-state index in [0.717, 1.165) is 0 Å². The number of benzene rings is 3. The first-order valence-corrected chi connectivity index (χ1v) is 28.8. The second-order valence-electron chi connectivity index (χ2n) is 18.8. The van der Waals surface area contributed by atoms with E-state index in [1.807, 2.05) is 0 Å². The minimum Gasteiger partial charge on any atom is -0.487 e. The molecule has 3 N–H and O–H groups in total. The molecule has 3 amide bonds. The summed E-state index contributed by atoms with van der Waals surface area (Å²) in [6.07, 6.45) is 4.61. The Morgan fingerprint density at radius 3 is 0.747 bits per heavy atom. The number of hydrogen-bond donors (Lipinski definition) is 3. The monoisotopic (exact) mass is 1230 g/mol. The highest BCUT2D eigenvalue weighted by Crippen LogP contribution is 2.35. The van der Waals surface area contributed by atoms with E-state index in [9.17, 15) is 14.4 Å². The van der Waals surface area contributed by atoms with Gasteiger partial charge in [-0.25, -0.2) is 16.3 Å². The Morgan fingerprint density at radius 2 is 0.529 bits per heavy atom. The molecule has 0 unspecified atom stereocenters. The van der Waals surface area contributed by atoms with Gasteiger partial charge in [-0.2, -0.15) is 15.3 Å². The molecule has 0 aliphatic heterocycles. The van der Waals surface area contributed by atoms with Crippen LogP contribution in [0.3, 0.4) is 0 Å². The lowest BCUT2D eigenvalue weighted by atomic mass is 9.74. The van der Waals surface area contributed by atoms with Crippen molar-refractivity contribution in [1.82, 2.24) is 16.3 Å². The third-order valence-electron chi connectivity index (χ3n) is 12.4. The summed E-state index contributed by atoms with van der Waals surface area (Å²) in [7, 11) is 9.58. The highest BCUT2D eigenvalue weighted by Gasteiger charge is 2.39. The first kappa shape index (κ1) is 72.9. The fraction of sp³-hybridized carbons (Fsp3) is 0.600. The Bertz CT molecular complexity index is 2170. The minimum atomic E-state index is -0.832. The van der Waals surface area contributed by atoms with Crippen LogP contribution in [0.2, 0.25) is 0 Å². The fourth-order valence-corrected chi connectivity index (χ4v) is 7.99. The van der Waals surface area contributed by atoms with Crippen molar-refractivity contribution in [3.8, 4) is 34.5 Å². The lowest BCUT2D eigenvalue weighted by Crippen LogP contribution is -2.43. The third kappa shape index (κ3) is 31.7. The molecule has 3 aromatic rings. The number of nitrogens with zero attached hydrogens (tertiary/aromatic N) is 3. The molecule has 0 atom stereocenters. The molecule has 0 spiro atoms. The van der Waals surface area contributed by atoms with Crippen LogP contribution in [0.5, 0.6) is 34.5 Å². The molecule has 0 radical (unpaired) electrons. The van der Waals surface area contributed by atoms with Crippen molar-refractivity contribution in [2.75, 3.05) is 201 Å². The molecule has 1 saturated carbocycles. The zero-order valence-corrected chi connectivity index (χ0v) is 51.2. The van der Waals surface area contributed by atoms with Gasteiger partial charge in [0.05, 0.1) is 138 Å². The molecule has 486 valence electrons. The third-order valence-corrected chi connectivity index (χ3v) is 12.4. The molecule has 27 heteroatoms. The number of ether oxygens (including phenoxy) is 18. The Morgan fingerprint density at radius 1 is 0.322 bits per heavy atom. The summed E-state index contributed by atoms with van der Waals surface area (Å²) in [4.78, 5) is 42.1. The smallest absolute Gasteiger partial charge is 0.243 e. The number of amides is 3. The van der Waals surface area contributed by atoms with Crippen LogP contribution in [0.15, 0.2) is 69.9 Å². The number of carbonyl (C=O) groups excluding carboxylic acids is 3. The largest absolute Gasteiger partial charge is 0.487 e. The van der Waals surface area contributed by atoms with Gasteiger partial charge in [-0.1, -0.05) is 0 Å². The van der Waals surface area contributed by atoms with Crippen molar-refractivity contribution < 1.29 is 99.6 Å². The Balaban J connectivity index is 1.52. The molecule has 27 nitrogen and oxygen atoms in total. The molecule has 1 aliphatic rings. The van der Waals surface area contributed by atoms with E-state index >= 15 is 0 Å². The van der Waals surface area contributed by atoms with Gasteiger partial charge in [0.15, 0.2) is 34.5 Å². The Hall–Kier alpha value is -6.60. The summed E-state index contributed by atoms with van der Waals surface area (Å²) >= 11 is 0. The zero-order chi connectivity index (χ0) is 62.2. The van der Waals surface area contributed by atoms with Gasteiger partial charge in [0.25, 0.3) is 0 Å². The average molecular weight is 1230 g/mol. The highest BCUT2D eigenvalue weighted by atomic mass is 16.6. The summed E-state index contributed by atoms with van der Waals surface area (Å²) in [6.45, 7) is 8.54. The van der Waals surface area contributed by atoms with E-state index < -0.39 is 35.5 Å². The number of hydrazone groups is 3. The van der Waals surface area contributed by atoms with Crippen molar-refractivity contribution in [2.24, 2.45) is 33.1 Å². The van der Waals surface area contributed by atoms with Crippen LogP contribution < -0.4 is 44.7 Å². The van der Waals surface area contributed by atoms with Gasteiger partial charge in [0.1, 0.15) is 39.6 Å². The quantitative estimate of drug-likeness (QED) is 0.0412. The summed E-state index contributed by atoms with van der Waals surface area (Å²) in [6, 6.07) is 15.6. The lowest BCUT2D eigenvalue weighted by molar-refractivity contribution is -0.134. The van der Waals surface area contributed by atoms with Crippen LogP contribution in [-0.4, -0.2) is 238 Å². The number of rotatable bonds is 51. The number of nitrogens with one attached hydrogen (secondary N) is 3. The fourth-order valence-electron chi connectivity index (χ4n) is 7.99. The van der Waals surface area contributed by atoms with Crippen LogP contribution in [-0.2, 0) is 71.2 Å². The maximum atomic E-state index is 14.0. The highest BCUT2D eigenvalue weighted by molar-refractivity contribution is 5.89. The van der Waals surface area contributed by atoms with Crippen LogP contribution in [0.1, 0.15) is 36.0 Å². The molecule has 0 saturated heterocycles. The van der Waals surface area contributed by atoms with Crippen molar-refractivity contribution >= 4 is 36.4 Å². The van der Waals surface area contributed by atoms with E-state index in [1.54, 1.807) is 97.3 Å². The molecule has 87 heavy (non-hydrogen) atoms. The molecular formula is C60H90N6O21. The molecule has 3 aromatic carbocycles. The van der Waals surface area contributed by atoms with Gasteiger partial charge in [-0.15, -0.1) is 0 Å². The number of methoxy groups -OCH3 is 6. The molecular weight excluding hydrogens is 1140 g/mol. The van der Waals surface area contributed by atoms with Crippen LogP contribution in [0.25, 0.3) is 0 Å². The van der Waals surface area contributed by atoms with Gasteiger partial charge < -0.3 is 85.3 Å². The summed E-state index contributed by atoms with van der Waals surface area (Å²) < 4.78 is 99.6. The van der Waals surface area contributed by atoms with E-state index in [0.29, 0.717) is 170 Å². The predicted molar refractivity (Wildman–Crippen MR) is 320 cm³/mol. The van der Waals surface area contributed by atoms with Gasteiger partial charge in [0, 0.05) is 60.4 Å². The molecule has 1 aliphatic carbocycles. The minimum absolute atomic E-state index is 0.0843. The lowest BCUT2D eigenvalue weighted by Gasteiger charge is -2.31. The Labute approximate surface area is 510 Å².